The van der Waals surface area contributed by atoms with Crippen LogP contribution in [0.15, 0.2) is 42.7 Å². The molecule has 0 aliphatic heterocycles. The van der Waals surface area contributed by atoms with Crippen LogP contribution >= 0.6 is 0 Å². The molecule has 2 rings (SSSR count). The highest BCUT2D eigenvalue weighted by molar-refractivity contribution is 6.20. The van der Waals surface area contributed by atoms with Crippen molar-refractivity contribution in [2.24, 2.45) is 0 Å². The van der Waals surface area contributed by atoms with Gasteiger partial charge in [-0.3, -0.25) is 4.98 Å². The number of nitrogens with zero attached hydrogens (tertiary/aromatic N) is 1. The van der Waals surface area contributed by atoms with Gasteiger partial charge in [-0.25, -0.2) is 4.79 Å². The number of aromatic nitrogens is 1. The van der Waals surface area contributed by atoms with E-state index in [9.17, 15) is 9.90 Å². The molecule has 1 aromatic heterocycles. The van der Waals surface area contributed by atoms with E-state index in [1.807, 2.05) is 0 Å². The van der Waals surface area contributed by atoms with Crippen LogP contribution in [0.25, 0.3) is 11.6 Å². The lowest BCUT2D eigenvalue weighted by atomic mass is 10.0. The Morgan fingerprint density at radius 2 is 2.00 bits per heavy atom. The van der Waals surface area contributed by atoms with E-state index in [0.29, 0.717) is 22.6 Å². The summed E-state index contributed by atoms with van der Waals surface area (Å²) in [5, 5.41) is 9.41. The van der Waals surface area contributed by atoms with Gasteiger partial charge in [-0.2, -0.15) is 0 Å². The van der Waals surface area contributed by atoms with Crippen molar-refractivity contribution in [3.8, 4) is 11.5 Å². The van der Waals surface area contributed by atoms with E-state index in [0.717, 1.165) is 0 Å². The van der Waals surface area contributed by atoms with Crippen LogP contribution in [0.4, 0.5) is 0 Å². The van der Waals surface area contributed by atoms with E-state index < -0.39 is 5.97 Å². The molecule has 21 heavy (non-hydrogen) atoms. The number of para-hydroxylation sites is 1. The third-order valence-corrected chi connectivity index (χ3v) is 2.94. The van der Waals surface area contributed by atoms with Crippen molar-refractivity contribution in [1.29, 1.82) is 0 Å². The lowest BCUT2D eigenvalue weighted by molar-refractivity contribution is -0.130. The zero-order valence-electron chi connectivity index (χ0n) is 11.7. The molecule has 1 heterocycles. The van der Waals surface area contributed by atoms with Crippen LogP contribution in [-0.4, -0.2) is 30.3 Å². The van der Waals surface area contributed by atoms with Crippen molar-refractivity contribution in [2.75, 3.05) is 14.2 Å². The first-order valence-electron chi connectivity index (χ1n) is 6.23. The van der Waals surface area contributed by atoms with Gasteiger partial charge in [-0.15, -0.1) is 0 Å². The molecule has 108 valence electrons. The third kappa shape index (κ3) is 3.20. The number of hydrogen-bond donors (Lipinski definition) is 1. The van der Waals surface area contributed by atoms with Crippen LogP contribution in [0, 0.1) is 0 Å². The van der Waals surface area contributed by atoms with E-state index in [-0.39, 0.29) is 5.57 Å². The number of carboxylic acids is 1. The monoisotopic (exact) mass is 285 g/mol. The zero-order chi connectivity index (χ0) is 15.2. The molecule has 0 saturated carbocycles. The maximum atomic E-state index is 11.5. The number of aliphatic carboxylic acids is 1. The van der Waals surface area contributed by atoms with Gasteiger partial charge in [0.1, 0.15) is 0 Å². The van der Waals surface area contributed by atoms with Gasteiger partial charge in [0, 0.05) is 23.5 Å². The van der Waals surface area contributed by atoms with Crippen LogP contribution in [-0.2, 0) is 4.79 Å². The highest BCUT2D eigenvalue weighted by Crippen LogP contribution is 2.33. The minimum absolute atomic E-state index is 0.134. The SMILES string of the molecule is COc1cccc(/C=C(/C(=O)O)c2cccnc2)c1OC. The van der Waals surface area contributed by atoms with E-state index in [1.54, 1.807) is 42.6 Å². The second-order valence-corrected chi connectivity index (χ2v) is 4.19. The first-order chi connectivity index (χ1) is 10.2. The number of methoxy groups -OCH3 is 2. The highest BCUT2D eigenvalue weighted by atomic mass is 16.5. The summed E-state index contributed by atoms with van der Waals surface area (Å²) >= 11 is 0. The molecule has 5 nitrogen and oxygen atoms in total. The fourth-order valence-corrected chi connectivity index (χ4v) is 1.97. The van der Waals surface area contributed by atoms with E-state index >= 15 is 0 Å². The van der Waals surface area contributed by atoms with Crippen LogP contribution in [0.3, 0.4) is 0 Å². The Bertz CT molecular complexity index is 665. The number of pyridine rings is 1. The molecule has 0 radical (unpaired) electrons. The second kappa shape index (κ2) is 6.56. The van der Waals surface area contributed by atoms with Gasteiger partial charge in [0.05, 0.1) is 19.8 Å². The summed E-state index contributed by atoms with van der Waals surface area (Å²) in [6.07, 6.45) is 4.64. The Kier molecular flexibility index (Phi) is 4.56. The molecule has 2 aromatic rings. The van der Waals surface area contributed by atoms with E-state index in [4.69, 9.17) is 9.47 Å². The number of carboxylic acid groups (broad SMARTS) is 1. The minimum Gasteiger partial charge on any atom is -0.493 e. The van der Waals surface area contributed by atoms with Gasteiger partial charge in [0.15, 0.2) is 11.5 Å². The fourth-order valence-electron chi connectivity index (χ4n) is 1.97. The molecule has 0 aliphatic rings. The van der Waals surface area contributed by atoms with Crippen LogP contribution in [0.5, 0.6) is 11.5 Å². The predicted molar refractivity (Wildman–Crippen MR) is 79.3 cm³/mol. The number of hydrogen-bond acceptors (Lipinski definition) is 4. The van der Waals surface area contributed by atoms with E-state index in [2.05, 4.69) is 4.98 Å². The quantitative estimate of drug-likeness (QED) is 0.855. The molecule has 0 spiro atoms. The lowest BCUT2D eigenvalue weighted by Gasteiger charge is -2.11. The number of benzene rings is 1. The summed E-state index contributed by atoms with van der Waals surface area (Å²) < 4.78 is 10.5. The average Bonchev–Trinajstić information content (AvgIpc) is 2.52. The molecule has 0 aliphatic carbocycles. The Balaban J connectivity index is 2.57. The van der Waals surface area contributed by atoms with Gasteiger partial charge >= 0.3 is 5.97 Å². The predicted octanol–water partition coefficient (Wildman–Crippen LogP) is 2.72. The van der Waals surface area contributed by atoms with Crippen molar-refractivity contribution in [3.05, 3.63) is 53.9 Å². The highest BCUT2D eigenvalue weighted by Gasteiger charge is 2.14. The molecule has 0 atom stereocenters. The topological polar surface area (TPSA) is 68.7 Å². The molecule has 1 aromatic carbocycles. The van der Waals surface area contributed by atoms with Crippen LogP contribution in [0.2, 0.25) is 0 Å². The summed E-state index contributed by atoms with van der Waals surface area (Å²) in [6, 6.07) is 8.67. The van der Waals surface area contributed by atoms with Gasteiger partial charge in [-0.05, 0) is 18.2 Å². The van der Waals surface area contributed by atoms with Crippen molar-refractivity contribution >= 4 is 17.6 Å². The van der Waals surface area contributed by atoms with Crippen molar-refractivity contribution in [3.63, 3.8) is 0 Å². The normalized spacial score (nSPS) is 11.0. The fraction of sp³-hybridized carbons (Fsp3) is 0.125. The molecule has 5 heteroatoms. The maximum absolute atomic E-state index is 11.5. The second-order valence-electron chi connectivity index (χ2n) is 4.19. The Morgan fingerprint density at radius 1 is 1.19 bits per heavy atom. The van der Waals surface area contributed by atoms with Crippen molar-refractivity contribution in [2.45, 2.75) is 0 Å². The summed E-state index contributed by atoms with van der Waals surface area (Å²) in [5.41, 5.74) is 1.28. The molecule has 0 bridgehead atoms. The Hall–Kier alpha value is -2.82. The molecule has 0 saturated heterocycles. The summed E-state index contributed by atoms with van der Waals surface area (Å²) in [6.45, 7) is 0. The summed E-state index contributed by atoms with van der Waals surface area (Å²) in [7, 11) is 3.05. The lowest BCUT2D eigenvalue weighted by Crippen LogP contribution is -2.01. The largest absolute Gasteiger partial charge is 0.493 e. The first-order valence-corrected chi connectivity index (χ1v) is 6.23. The number of rotatable bonds is 5. The molecule has 0 fully saturated rings. The average molecular weight is 285 g/mol. The summed E-state index contributed by atoms with van der Waals surface area (Å²) in [5.74, 6) is -0.00214. The smallest absolute Gasteiger partial charge is 0.336 e. The zero-order valence-corrected chi connectivity index (χ0v) is 11.7. The van der Waals surface area contributed by atoms with Gasteiger partial charge in [0.25, 0.3) is 0 Å². The maximum Gasteiger partial charge on any atom is 0.336 e. The van der Waals surface area contributed by atoms with Crippen LogP contribution in [0.1, 0.15) is 11.1 Å². The molecule has 0 amide bonds. The van der Waals surface area contributed by atoms with Gasteiger partial charge in [-0.1, -0.05) is 18.2 Å². The number of ether oxygens (including phenoxy) is 2. The van der Waals surface area contributed by atoms with Crippen molar-refractivity contribution < 1.29 is 19.4 Å². The molecule has 1 N–H and O–H groups in total. The standard InChI is InChI=1S/C16H15NO4/c1-20-14-7-3-5-11(15(14)21-2)9-13(16(18)19)12-6-4-8-17-10-12/h3-10H,1-2H3,(H,18,19)/b13-9+. The Morgan fingerprint density at radius 3 is 2.57 bits per heavy atom. The molecular formula is C16H15NO4. The Labute approximate surface area is 122 Å². The third-order valence-electron chi connectivity index (χ3n) is 2.94. The van der Waals surface area contributed by atoms with Gasteiger partial charge < -0.3 is 14.6 Å². The minimum atomic E-state index is -1.03. The van der Waals surface area contributed by atoms with Crippen molar-refractivity contribution in [1.82, 2.24) is 4.98 Å². The molecular weight excluding hydrogens is 270 g/mol. The first kappa shape index (κ1) is 14.6. The molecule has 0 unspecified atom stereocenters. The van der Waals surface area contributed by atoms with Gasteiger partial charge in [0.2, 0.25) is 0 Å². The number of carbonyl (C=O) groups is 1. The van der Waals surface area contributed by atoms with E-state index in [1.165, 1.54) is 20.4 Å². The van der Waals surface area contributed by atoms with Crippen LogP contribution < -0.4 is 9.47 Å². The summed E-state index contributed by atoms with van der Waals surface area (Å²) in [4.78, 5) is 15.4.